The van der Waals surface area contributed by atoms with E-state index in [1.54, 1.807) is 49.4 Å². The molecule has 0 radical (unpaired) electrons. The monoisotopic (exact) mass is 564 g/mol. The number of hydrogen-bond donors (Lipinski definition) is 1. The first-order chi connectivity index (χ1) is 18.8. The third-order valence-corrected chi connectivity index (χ3v) is 5.99. The molecule has 39 heavy (non-hydrogen) atoms. The molecular weight excluding hydrogens is 543 g/mol. The maximum atomic E-state index is 13.3. The highest BCUT2D eigenvalue weighted by Gasteiger charge is 2.37. The van der Waals surface area contributed by atoms with Gasteiger partial charge >= 0.3 is 6.03 Å². The molecule has 0 atom stereocenters. The lowest BCUT2D eigenvalue weighted by molar-refractivity contribution is -0.122. The molecule has 3 aromatic carbocycles. The Balaban J connectivity index is 1.56. The van der Waals surface area contributed by atoms with Gasteiger partial charge in [-0.2, -0.15) is 0 Å². The summed E-state index contributed by atoms with van der Waals surface area (Å²) in [6.07, 6.45) is 6.58. The number of rotatable bonds is 9. The highest BCUT2D eigenvalue weighted by atomic mass is 35.5. The van der Waals surface area contributed by atoms with Gasteiger partial charge < -0.3 is 14.2 Å². The minimum absolute atomic E-state index is 0.0247. The molecular formula is C29H22Cl2N2O6. The summed E-state index contributed by atoms with van der Waals surface area (Å²) in [7, 11) is 0. The van der Waals surface area contributed by atoms with Crippen molar-refractivity contribution in [1.82, 2.24) is 5.32 Å². The lowest BCUT2D eigenvalue weighted by atomic mass is 10.1. The summed E-state index contributed by atoms with van der Waals surface area (Å²) in [5.74, 6) is 1.76. The number of amides is 4. The number of nitrogens with zero attached hydrogens (tertiary/aromatic N) is 1. The normalized spacial score (nSPS) is 14.2. The molecule has 0 aliphatic carbocycles. The zero-order valence-corrected chi connectivity index (χ0v) is 22.2. The van der Waals surface area contributed by atoms with E-state index in [0.29, 0.717) is 29.5 Å². The molecule has 0 saturated carbocycles. The van der Waals surface area contributed by atoms with Crippen molar-refractivity contribution >= 4 is 52.8 Å². The van der Waals surface area contributed by atoms with Crippen molar-refractivity contribution in [1.29, 1.82) is 0 Å². The molecule has 1 N–H and O–H groups in total. The number of anilines is 1. The minimum atomic E-state index is -0.872. The molecule has 4 rings (SSSR count). The Morgan fingerprint density at radius 3 is 2.36 bits per heavy atom. The number of nitrogens with one attached hydrogen (secondary N) is 1. The van der Waals surface area contributed by atoms with Crippen LogP contribution in [0.2, 0.25) is 10.0 Å². The smallest absolute Gasteiger partial charge is 0.335 e. The Morgan fingerprint density at radius 1 is 0.974 bits per heavy atom. The van der Waals surface area contributed by atoms with Crippen LogP contribution in [0.15, 0.2) is 66.2 Å². The predicted molar refractivity (Wildman–Crippen MR) is 148 cm³/mol. The third kappa shape index (κ3) is 6.52. The maximum absolute atomic E-state index is 13.3. The van der Waals surface area contributed by atoms with Crippen molar-refractivity contribution in [3.05, 3.63) is 87.4 Å². The summed E-state index contributed by atoms with van der Waals surface area (Å²) in [5, 5.41) is 3.00. The van der Waals surface area contributed by atoms with Crippen molar-refractivity contribution in [2.75, 3.05) is 18.1 Å². The van der Waals surface area contributed by atoms with E-state index in [1.807, 2.05) is 12.1 Å². The number of carbonyl (C=O) groups excluding carboxylic acids is 3. The Morgan fingerprint density at radius 2 is 1.69 bits per heavy atom. The number of benzene rings is 3. The first kappa shape index (κ1) is 27.6. The maximum Gasteiger partial charge on any atom is 0.335 e. The number of barbiturate groups is 1. The molecule has 1 heterocycles. The topological polar surface area (TPSA) is 94.2 Å². The van der Waals surface area contributed by atoms with Crippen LogP contribution >= 0.6 is 23.2 Å². The molecule has 0 aromatic heterocycles. The Hall–Kier alpha value is -4.45. The predicted octanol–water partition coefficient (Wildman–Crippen LogP) is 5.65. The summed E-state index contributed by atoms with van der Waals surface area (Å²) in [6.45, 7) is 2.37. The Labute approximate surface area is 235 Å². The van der Waals surface area contributed by atoms with Crippen LogP contribution in [0, 0.1) is 12.3 Å². The van der Waals surface area contributed by atoms with E-state index in [9.17, 15) is 14.4 Å². The zero-order chi connectivity index (χ0) is 27.9. The van der Waals surface area contributed by atoms with Crippen LogP contribution < -0.4 is 24.4 Å². The van der Waals surface area contributed by atoms with Crippen LogP contribution in [0.1, 0.15) is 18.1 Å². The lowest BCUT2D eigenvalue weighted by Crippen LogP contribution is -2.54. The van der Waals surface area contributed by atoms with Crippen molar-refractivity contribution in [3.8, 4) is 29.6 Å². The van der Waals surface area contributed by atoms with Gasteiger partial charge in [0.25, 0.3) is 11.8 Å². The summed E-state index contributed by atoms with van der Waals surface area (Å²) >= 11 is 12.3. The van der Waals surface area contributed by atoms with E-state index >= 15 is 0 Å². The average Bonchev–Trinajstić information content (AvgIpc) is 2.91. The lowest BCUT2D eigenvalue weighted by Gasteiger charge is -2.26. The quantitative estimate of drug-likeness (QED) is 0.205. The molecule has 0 spiro atoms. The van der Waals surface area contributed by atoms with E-state index in [-0.39, 0.29) is 34.4 Å². The number of imide groups is 2. The number of urea groups is 1. The molecule has 1 aliphatic heterocycles. The minimum Gasteiger partial charge on any atom is -0.490 e. The van der Waals surface area contributed by atoms with Crippen LogP contribution in [0.4, 0.5) is 10.5 Å². The summed E-state index contributed by atoms with van der Waals surface area (Å²) < 4.78 is 16.8. The van der Waals surface area contributed by atoms with Gasteiger partial charge in [0.15, 0.2) is 11.5 Å². The highest BCUT2D eigenvalue weighted by Crippen LogP contribution is 2.37. The fourth-order valence-corrected chi connectivity index (χ4v) is 4.09. The average molecular weight is 565 g/mol. The van der Waals surface area contributed by atoms with Gasteiger partial charge in [-0.3, -0.25) is 14.9 Å². The van der Waals surface area contributed by atoms with Crippen molar-refractivity contribution in [3.63, 3.8) is 0 Å². The van der Waals surface area contributed by atoms with Crippen LogP contribution in [0.3, 0.4) is 0 Å². The van der Waals surface area contributed by atoms with E-state index in [1.165, 1.54) is 12.1 Å². The largest absolute Gasteiger partial charge is 0.490 e. The molecule has 3 aromatic rings. The molecule has 4 amide bonds. The molecule has 10 heteroatoms. The van der Waals surface area contributed by atoms with Gasteiger partial charge in [-0.05, 0) is 72.7 Å². The SMILES string of the molecule is C#CCOc1c(Cl)cc(/C=C2\C(=O)NC(=O)N(c3ccc(OCc4ccc(Cl)cc4)cc3)C2=O)cc1OCC. The fraction of sp³-hybridized carbons (Fsp3) is 0.138. The van der Waals surface area contributed by atoms with Gasteiger partial charge in [-0.25, -0.2) is 9.69 Å². The second kappa shape index (κ2) is 12.4. The number of ether oxygens (including phenoxy) is 3. The number of terminal acetylenes is 1. The molecule has 198 valence electrons. The van der Waals surface area contributed by atoms with E-state index < -0.39 is 17.8 Å². The number of halogens is 2. The molecule has 0 bridgehead atoms. The van der Waals surface area contributed by atoms with Crippen LogP contribution in [0.25, 0.3) is 6.08 Å². The zero-order valence-electron chi connectivity index (χ0n) is 20.7. The third-order valence-electron chi connectivity index (χ3n) is 5.46. The van der Waals surface area contributed by atoms with Crippen LogP contribution in [-0.4, -0.2) is 31.1 Å². The summed E-state index contributed by atoms with van der Waals surface area (Å²) in [4.78, 5) is 39.4. The van der Waals surface area contributed by atoms with Crippen molar-refractivity contribution < 1.29 is 28.6 Å². The van der Waals surface area contributed by atoms with Gasteiger partial charge in [0.1, 0.15) is 24.5 Å². The molecule has 1 aliphatic rings. The van der Waals surface area contributed by atoms with Crippen LogP contribution in [-0.2, 0) is 16.2 Å². The second-order valence-electron chi connectivity index (χ2n) is 8.12. The van der Waals surface area contributed by atoms with Gasteiger partial charge in [-0.1, -0.05) is 41.3 Å². The first-order valence-corrected chi connectivity index (χ1v) is 12.5. The molecule has 1 saturated heterocycles. The van der Waals surface area contributed by atoms with E-state index in [2.05, 4.69) is 11.2 Å². The van der Waals surface area contributed by atoms with Gasteiger partial charge in [0, 0.05) is 5.02 Å². The fourth-order valence-electron chi connectivity index (χ4n) is 3.69. The molecule has 8 nitrogen and oxygen atoms in total. The second-order valence-corrected chi connectivity index (χ2v) is 8.97. The summed E-state index contributed by atoms with van der Waals surface area (Å²) in [6, 6.07) is 15.7. The van der Waals surface area contributed by atoms with E-state index in [4.69, 9.17) is 43.8 Å². The van der Waals surface area contributed by atoms with Gasteiger partial charge in [0.05, 0.1) is 17.3 Å². The van der Waals surface area contributed by atoms with Crippen LogP contribution in [0.5, 0.6) is 17.2 Å². The molecule has 1 fully saturated rings. The Kier molecular flexibility index (Phi) is 8.77. The van der Waals surface area contributed by atoms with Gasteiger partial charge in [-0.15, -0.1) is 6.42 Å². The summed E-state index contributed by atoms with van der Waals surface area (Å²) in [5.41, 5.74) is 1.29. The first-order valence-electron chi connectivity index (χ1n) is 11.7. The number of hydrogen-bond acceptors (Lipinski definition) is 6. The highest BCUT2D eigenvalue weighted by molar-refractivity contribution is 6.39. The van der Waals surface area contributed by atoms with Crippen molar-refractivity contribution in [2.45, 2.75) is 13.5 Å². The Bertz CT molecular complexity index is 1480. The van der Waals surface area contributed by atoms with Crippen molar-refractivity contribution in [2.24, 2.45) is 0 Å². The molecule has 0 unspecified atom stereocenters. The number of carbonyl (C=O) groups is 3. The standard InChI is InChI=1S/C29H22Cl2N2O6/c1-3-13-38-26-24(31)15-19(16-25(26)37-4-2)14-23-27(34)32-29(36)33(28(23)35)21-9-11-22(12-10-21)39-17-18-5-7-20(30)8-6-18/h1,5-12,14-16H,4,13,17H2,2H3,(H,32,34,36)/b23-14+. The van der Waals surface area contributed by atoms with E-state index in [0.717, 1.165) is 10.5 Å². The van der Waals surface area contributed by atoms with Gasteiger partial charge in [0.2, 0.25) is 0 Å².